The van der Waals surface area contributed by atoms with Crippen LogP contribution in [0, 0.1) is 29.1 Å². The van der Waals surface area contributed by atoms with Gasteiger partial charge in [0.2, 0.25) is 34.8 Å². The van der Waals surface area contributed by atoms with Crippen molar-refractivity contribution in [3.63, 3.8) is 0 Å². The summed E-state index contributed by atoms with van der Waals surface area (Å²) in [5.41, 5.74) is 5.51. The zero-order valence-corrected chi connectivity index (χ0v) is 22.0. The summed E-state index contributed by atoms with van der Waals surface area (Å²) in [5.74, 6) is -15.2. The number of nitrogens with one attached hydrogen (secondary N) is 1. The first kappa shape index (κ1) is 28.0. The average Bonchev–Trinajstić information content (AvgIpc) is 3.58. The summed E-state index contributed by atoms with van der Waals surface area (Å²) < 4.78 is 79.8. The van der Waals surface area contributed by atoms with Crippen molar-refractivity contribution in [3.8, 4) is 16.9 Å². The molecule has 11 heteroatoms. The summed E-state index contributed by atoms with van der Waals surface area (Å²) >= 11 is 0. The van der Waals surface area contributed by atoms with Gasteiger partial charge >= 0.3 is 12.1 Å². The van der Waals surface area contributed by atoms with Crippen molar-refractivity contribution < 1.29 is 41.0 Å². The summed E-state index contributed by atoms with van der Waals surface area (Å²) in [5, 5.41) is 6.55. The Morgan fingerprint density at radius 2 is 1.28 bits per heavy atom. The summed E-state index contributed by atoms with van der Waals surface area (Å²) in [7, 11) is 0. The number of carbonyl (C=O) groups is 2. The minimum absolute atomic E-state index is 0.111. The van der Waals surface area contributed by atoms with Gasteiger partial charge in [0, 0.05) is 24.1 Å². The molecule has 0 fully saturated rings. The standard InChI is InChI=1S/C32H20F5N2O4/c33-25-26(34)28(36)30(29(37)27(25)35)43-31(40)24(13-16-14-38-23-12-6-5-7-17(16)23)39-32(41)42-15-22-20-10-3-1-8-18(20)19-9-2-4-11-21(19)22/h1-12,14,22,24H,13,15H2,(H,39,41)/t24-/m1/s1. The minimum atomic E-state index is -2.41. The molecule has 1 aliphatic carbocycles. The Kier molecular flexibility index (Phi) is 7.31. The number of halogens is 5. The van der Waals surface area contributed by atoms with E-state index < -0.39 is 52.9 Å². The van der Waals surface area contributed by atoms with Crippen LogP contribution in [0.25, 0.3) is 16.7 Å². The number of nitrogens with zero attached hydrogens (tertiary/aromatic N) is 1. The van der Waals surface area contributed by atoms with Crippen LogP contribution >= 0.6 is 0 Å². The summed E-state index contributed by atoms with van der Waals surface area (Å²) in [6, 6.07) is 20.5. The van der Waals surface area contributed by atoms with Crippen LogP contribution < -0.4 is 15.4 Å². The van der Waals surface area contributed by atoms with Gasteiger partial charge in [0.05, 0.1) is 5.69 Å². The minimum Gasteiger partial charge on any atom is -0.449 e. The highest BCUT2D eigenvalue weighted by molar-refractivity contribution is 5.88. The second-order valence-electron chi connectivity index (χ2n) is 9.85. The molecule has 1 N–H and O–H groups in total. The Morgan fingerprint density at radius 3 is 1.91 bits per heavy atom. The van der Waals surface area contributed by atoms with E-state index in [4.69, 9.17) is 4.74 Å². The molecule has 0 spiro atoms. The topological polar surface area (TPSA) is 78.7 Å². The van der Waals surface area contributed by atoms with E-state index in [1.807, 2.05) is 48.5 Å². The lowest BCUT2D eigenvalue weighted by atomic mass is 9.98. The molecule has 4 aromatic rings. The van der Waals surface area contributed by atoms with Crippen molar-refractivity contribution in [3.05, 3.63) is 125 Å². The van der Waals surface area contributed by atoms with Gasteiger partial charge < -0.3 is 14.8 Å². The predicted octanol–water partition coefficient (Wildman–Crippen LogP) is 6.88. The van der Waals surface area contributed by atoms with Gasteiger partial charge in [-0.15, -0.1) is 0 Å². The van der Waals surface area contributed by atoms with Crippen LogP contribution in [0.15, 0.2) is 79.0 Å². The molecule has 2 aliphatic rings. The molecule has 0 unspecified atom stereocenters. The molecule has 6 nitrogen and oxygen atoms in total. The number of esters is 1. The summed E-state index contributed by atoms with van der Waals surface area (Å²) in [6.45, 7) is -0.111. The highest BCUT2D eigenvalue weighted by Gasteiger charge is 2.34. The molecule has 43 heavy (non-hydrogen) atoms. The lowest BCUT2D eigenvalue weighted by Crippen LogP contribution is -2.44. The monoisotopic (exact) mass is 591 g/mol. The van der Waals surface area contributed by atoms with Gasteiger partial charge in [-0.3, -0.25) is 5.32 Å². The zero-order valence-electron chi connectivity index (χ0n) is 22.0. The Hall–Kier alpha value is -5.19. The van der Waals surface area contributed by atoms with Gasteiger partial charge in [0.25, 0.3) is 0 Å². The largest absolute Gasteiger partial charge is 0.449 e. The van der Waals surface area contributed by atoms with Crippen LogP contribution in [-0.2, 0) is 9.53 Å². The molecule has 0 bridgehead atoms. The highest BCUT2D eigenvalue weighted by Crippen LogP contribution is 2.44. The van der Waals surface area contributed by atoms with Crippen molar-refractivity contribution in [2.24, 2.45) is 0 Å². The Labute approximate surface area is 241 Å². The van der Waals surface area contributed by atoms with E-state index in [0.29, 0.717) is 16.8 Å². The molecule has 6 rings (SSSR count). The first-order valence-corrected chi connectivity index (χ1v) is 13.1. The van der Waals surface area contributed by atoms with Gasteiger partial charge in [-0.2, -0.15) is 8.78 Å². The number of alkyl carbamates (subject to hydrolysis) is 1. The quantitative estimate of drug-likeness (QED) is 0.0836. The van der Waals surface area contributed by atoms with Gasteiger partial charge in [-0.25, -0.2) is 22.8 Å². The second-order valence-corrected chi connectivity index (χ2v) is 9.85. The van der Waals surface area contributed by atoms with E-state index in [1.165, 1.54) is 6.20 Å². The second kappa shape index (κ2) is 11.2. The third-order valence-corrected chi connectivity index (χ3v) is 7.33. The Bertz CT molecular complexity index is 1730. The molecule has 4 aromatic carbocycles. The third kappa shape index (κ3) is 5.07. The van der Waals surface area contributed by atoms with E-state index in [0.717, 1.165) is 22.3 Å². The number of benzene rings is 4. The molecule has 217 valence electrons. The van der Waals surface area contributed by atoms with E-state index >= 15 is 0 Å². The Balaban J connectivity index is 1.23. The molecule has 1 radical (unpaired) electrons. The lowest BCUT2D eigenvalue weighted by molar-refractivity contribution is -0.137. The SMILES string of the molecule is O=C(N[C@H](CC1=C[N]c2ccccc21)C(=O)Oc1c(F)c(F)c(F)c(F)c1F)OCC1c2ccccc2-c2ccccc21. The maximum Gasteiger partial charge on any atom is 0.407 e. The molecule has 0 saturated carbocycles. The first-order valence-electron chi connectivity index (χ1n) is 13.1. The van der Waals surface area contributed by atoms with Crippen molar-refractivity contribution in [1.29, 1.82) is 0 Å². The highest BCUT2D eigenvalue weighted by atomic mass is 19.2. The van der Waals surface area contributed by atoms with Crippen LogP contribution in [0.5, 0.6) is 5.75 Å². The van der Waals surface area contributed by atoms with E-state index in [9.17, 15) is 31.5 Å². The molecule has 0 saturated heterocycles. The third-order valence-electron chi connectivity index (χ3n) is 7.33. The van der Waals surface area contributed by atoms with Crippen molar-refractivity contribution in [2.75, 3.05) is 6.61 Å². The van der Waals surface area contributed by atoms with Crippen molar-refractivity contribution in [1.82, 2.24) is 10.6 Å². The maximum absolute atomic E-state index is 14.3. The first-order chi connectivity index (χ1) is 20.7. The van der Waals surface area contributed by atoms with Crippen molar-refractivity contribution >= 4 is 23.3 Å². The smallest absolute Gasteiger partial charge is 0.407 e. The lowest BCUT2D eigenvalue weighted by Gasteiger charge is -2.20. The molecule has 1 atom stereocenters. The normalized spacial score (nSPS) is 13.7. The van der Waals surface area contributed by atoms with Crippen LogP contribution in [0.3, 0.4) is 0 Å². The molecule has 1 amide bonds. The van der Waals surface area contributed by atoms with Gasteiger partial charge in [-0.05, 0) is 33.9 Å². The zero-order chi connectivity index (χ0) is 30.2. The van der Waals surface area contributed by atoms with E-state index in [2.05, 4.69) is 15.4 Å². The molecular weight excluding hydrogens is 571 g/mol. The van der Waals surface area contributed by atoms with Gasteiger partial charge in [0.15, 0.2) is 0 Å². The van der Waals surface area contributed by atoms with Crippen LogP contribution in [0.2, 0.25) is 0 Å². The van der Waals surface area contributed by atoms with Gasteiger partial charge in [0.1, 0.15) is 12.6 Å². The van der Waals surface area contributed by atoms with Crippen LogP contribution in [-0.4, -0.2) is 24.7 Å². The number of fused-ring (bicyclic) bond motifs is 4. The van der Waals surface area contributed by atoms with Crippen LogP contribution in [0.1, 0.15) is 29.0 Å². The number of carbonyl (C=O) groups excluding carboxylic acids is 2. The molecular formula is C32H20F5N2O4. The molecule has 1 aliphatic heterocycles. The van der Waals surface area contributed by atoms with Crippen LogP contribution in [0.4, 0.5) is 32.4 Å². The predicted molar refractivity (Wildman–Crippen MR) is 145 cm³/mol. The maximum atomic E-state index is 14.3. The number of ether oxygens (including phenoxy) is 2. The average molecular weight is 592 g/mol. The van der Waals surface area contributed by atoms with E-state index in [1.54, 1.807) is 24.3 Å². The fraction of sp³-hybridized carbons (Fsp3) is 0.125. The summed E-state index contributed by atoms with van der Waals surface area (Å²) in [6.07, 6.45) is 0.0758. The Morgan fingerprint density at radius 1 is 0.744 bits per heavy atom. The number of hydrogen-bond acceptors (Lipinski definition) is 4. The fourth-order valence-electron chi connectivity index (χ4n) is 5.28. The number of amides is 1. The summed E-state index contributed by atoms with van der Waals surface area (Å²) in [4.78, 5) is 26.1. The number of hydrogen-bond donors (Lipinski definition) is 1. The molecule has 0 aromatic heterocycles. The number of para-hydroxylation sites is 1. The van der Waals surface area contributed by atoms with E-state index in [-0.39, 0.29) is 18.9 Å². The molecule has 1 heterocycles. The fourth-order valence-corrected chi connectivity index (χ4v) is 5.28. The van der Waals surface area contributed by atoms with Crippen molar-refractivity contribution in [2.45, 2.75) is 18.4 Å². The van der Waals surface area contributed by atoms with Gasteiger partial charge in [-0.1, -0.05) is 66.7 Å². The number of rotatable bonds is 7.